The highest BCUT2D eigenvalue weighted by Crippen LogP contribution is 2.35. The fourth-order valence-corrected chi connectivity index (χ4v) is 2.48. The number of amides is 2. The summed E-state index contributed by atoms with van der Waals surface area (Å²) in [6, 6.07) is 9.08. The Morgan fingerprint density at radius 3 is 2.37 bits per heavy atom. The number of rotatable bonds is 6. The number of alkyl halides is 3. The summed E-state index contributed by atoms with van der Waals surface area (Å²) in [6.07, 6.45) is -2.32. The zero-order chi connectivity index (χ0) is 22.3. The molecule has 0 fully saturated rings. The van der Waals surface area contributed by atoms with Crippen molar-refractivity contribution in [1.29, 1.82) is 0 Å². The second kappa shape index (κ2) is 9.93. The molecular weight excluding hydrogens is 425 g/mol. The largest absolute Gasteiger partial charge is 0.468 e. The number of nitrogens with one attached hydrogen (secondary N) is 2. The number of carbonyl (C=O) groups excluding carboxylic acids is 3. The van der Waals surface area contributed by atoms with Crippen LogP contribution < -0.4 is 10.6 Å². The standard InChI is InChI=1S/C20H16ClF3N2O4/c1-30-18(28)11-25-19(29)13-4-6-14(7-5-13)26-17(27)9-3-12-2-8-16(21)15(10-12)20(22,23)24/h2-10H,11H2,1H3,(H,25,29)(H,26,27)/b9-3+. The Kier molecular flexibility index (Phi) is 7.60. The predicted octanol–water partition coefficient (Wildman–Crippen LogP) is 3.91. The van der Waals surface area contributed by atoms with E-state index >= 15 is 0 Å². The molecule has 0 aliphatic carbocycles. The average Bonchev–Trinajstić information content (AvgIpc) is 2.70. The molecule has 0 unspecified atom stereocenters. The minimum Gasteiger partial charge on any atom is -0.468 e. The Morgan fingerprint density at radius 1 is 1.10 bits per heavy atom. The first-order chi connectivity index (χ1) is 14.1. The second-order valence-corrected chi connectivity index (χ2v) is 6.30. The van der Waals surface area contributed by atoms with E-state index in [0.717, 1.165) is 18.2 Å². The number of hydrogen-bond acceptors (Lipinski definition) is 4. The van der Waals surface area contributed by atoms with Gasteiger partial charge in [0, 0.05) is 17.3 Å². The molecule has 2 aromatic carbocycles. The third-order valence-corrected chi connectivity index (χ3v) is 4.09. The van der Waals surface area contributed by atoms with E-state index in [2.05, 4.69) is 15.4 Å². The predicted molar refractivity (Wildman–Crippen MR) is 105 cm³/mol. The first-order valence-electron chi connectivity index (χ1n) is 8.41. The van der Waals surface area contributed by atoms with Gasteiger partial charge in [0.2, 0.25) is 5.91 Å². The quantitative estimate of drug-likeness (QED) is 0.527. The van der Waals surface area contributed by atoms with Crippen molar-refractivity contribution < 1.29 is 32.3 Å². The van der Waals surface area contributed by atoms with E-state index in [9.17, 15) is 27.6 Å². The highest BCUT2D eigenvalue weighted by molar-refractivity contribution is 6.31. The number of ether oxygens (including phenoxy) is 1. The van der Waals surface area contributed by atoms with Crippen molar-refractivity contribution in [2.75, 3.05) is 19.0 Å². The molecule has 0 atom stereocenters. The molecule has 158 valence electrons. The Bertz CT molecular complexity index is 973. The number of halogens is 4. The Labute approximate surface area is 174 Å². The highest BCUT2D eigenvalue weighted by Gasteiger charge is 2.33. The summed E-state index contributed by atoms with van der Waals surface area (Å²) in [5, 5.41) is 4.45. The third-order valence-electron chi connectivity index (χ3n) is 3.76. The van der Waals surface area contributed by atoms with Gasteiger partial charge in [-0.2, -0.15) is 13.2 Å². The Hall–Kier alpha value is -3.33. The van der Waals surface area contributed by atoms with Gasteiger partial charge in [-0.15, -0.1) is 0 Å². The molecule has 10 heteroatoms. The summed E-state index contributed by atoms with van der Waals surface area (Å²) in [6.45, 7) is -0.278. The van der Waals surface area contributed by atoms with Gasteiger partial charge >= 0.3 is 12.1 Å². The van der Waals surface area contributed by atoms with Crippen LogP contribution >= 0.6 is 11.6 Å². The number of methoxy groups -OCH3 is 1. The monoisotopic (exact) mass is 440 g/mol. The van der Waals surface area contributed by atoms with Gasteiger partial charge in [-0.05, 0) is 48.0 Å². The molecule has 2 aromatic rings. The molecule has 0 bridgehead atoms. The van der Waals surface area contributed by atoms with Crippen LogP contribution in [0.25, 0.3) is 6.08 Å². The summed E-state index contributed by atoms with van der Waals surface area (Å²) in [5.41, 5.74) is -0.221. The van der Waals surface area contributed by atoms with Gasteiger partial charge in [-0.1, -0.05) is 17.7 Å². The van der Waals surface area contributed by atoms with Gasteiger partial charge in [-0.25, -0.2) is 0 Å². The van der Waals surface area contributed by atoms with E-state index in [0.29, 0.717) is 5.69 Å². The van der Waals surface area contributed by atoms with Crippen LogP contribution in [-0.4, -0.2) is 31.4 Å². The van der Waals surface area contributed by atoms with Gasteiger partial charge in [0.25, 0.3) is 5.91 Å². The molecule has 0 saturated carbocycles. The zero-order valence-corrected chi connectivity index (χ0v) is 16.3. The van der Waals surface area contributed by atoms with E-state index in [1.165, 1.54) is 43.5 Å². The normalized spacial score (nSPS) is 11.2. The van der Waals surface area contributed by atoms with Crippen LogP contribution in [-0.2, 0) is 20.5 Å². The molecule has 0 radical (unpaired) electrons. The van der Waals surface area contributed by atoms with Gasteiger partial charge in [0.1, 0.15) is 6.54 Å². The van der Waals surface area contributed by atoms with Crippen LogP contribution in [0.1, 0.15) is 21.5 Å². The van der Waals surface area contributed by atoms with E-state index in [1.54, 1.807) is 0 Å². The summed E-state index contributed by atoms with van der Waals surface area (Å²) in [7, 11) is 1.20. The first-order valence-corrected chi connectivity index (χ1v) is 8.79. The lowest BCUT2D eigenvalue weighted by Gasteiger charge is -2.09. The molecule has 6 nitrogen and oxygen atoms in total. The van der Waals surface area contributed by atoms with E-state index in [-0.39, 0.29) is 17.7 Å². The number of anilines is 1. The van der Waals surface area contributed by atoms with Gasteiger partial charge in [0.05, 0.1) is 17.7 Å². The van der Waals surface area contributed by atoms with Crippen molar-refractivity contribution in [2.24, 2.45) is 0 Å². The van der Waals surface area contributed by atoms with Crippen molar-refractivity contribution in [3.63, 3.8) is 0 Å². The summed E-state index contributed by atoms with van der Waals surface area (Å²) in [5.74, 6) is -1.68. The van der Waals surface area contributed by atoms with Gasteiger partial charge < -0.3 is 15.4 Å². The van der Waals surface area contributed by atoms with Crippen molar-refractivity contribution in [2.45, 2.75) is 6.18 Å². The van der Waals surface area contributed by atoms with Crippen LogP contribution in [0.4, 0.5) is 18.9 Å². The Morgan fingerprint density at radius 2 is 1.77 bits per heavy atom. The van der Waals surface area contributed by atoms with Crippen LogP contribution in [0.3, 0.4) is 0 Å². The fraction of sp³-hybridized carbons (Fsp3) is 0.150. The molecule has 0 aliphatic rings. The molecule has 0 aliphatic heterocycles. The van der Waals surface area contributed by atoms with Crippen molar-refractivity contribution >= 4 is 41.1 Å². The summed E-state index contributed by atoms with van der Waals surface area (Å²) in [4.78, 5) is 34.9. The van der Waals surface area contributed by atoms with Crippen molar-refractivity contribution in [3.8, 4) is 0 Å². The van der Waals surface area contributed by atoms with E-state index < -0.39 is 34.5 Å². The SMILES string of the molecule is COC(=O)CNC(=O)c1ccc(NC(=O)/C=C/c2ccc(Cl)c(C(F)(F)F)c2)cc1. The van der Waals surface area contributed by atoms with Gasteiger partial charge in [0.15, 0.2) is 0 Å². The maximum Gasteiger partial charge on any atom is 0.417 e. The molecule has 0 heterocycles. The molecule has 2 N–H and O–H groups in total. The molecular formula is C20H16ClF3N2O4. The van der Waals surface area contributed by atoms with Gasteiger partial charge in [-0.3, -0.25) is 14.4 Å². The maximum absolute atomic E-state index is 12.9. The number of carbonyl (C=O) groups is 3. The second-order valence-electron chi connectivity index (χ2n) is 5.90. The summed E-state index contributed by atoms with van der Waals surface area (Å²) < 4.78 is 43.0. The number of hydrogen-bond donors (Lipinski definition) is 2. The summed E-state index contributed by atoms with van der Waals surface area (Å²) >= 11 is 5.55. The molecule has 0 aromatic heterocycles. The van der Waals surface area contributed by atoms with Crippen molar-refractivity contribution in [3.05, 3.63) is 70.3 Å². The minimum absolute atomic E-state index is 0.152. The molecule has 0 saturated heterocycles. The number of benzene rings is 2. The van der Waals surface area contributed by atoms with Crippen LogP contribution in [0.5, 0.6) is 0 Å². The van der Waals surface area contributed by atoms with E-state index in [4.69, 9.17) is 11.6 Å². The number of esters is 1. The smallest absolute Gasteiger partial charge is 0.417 e. The molecule has 2 amide bonds. The topological polar surface area (TPSA) is 84.5 Å². The molecule has 2 rings (SSSR count). The lowest BCUT2D eigenvalue weighted by Crippen LogP contribution is -2.30. The third kappa shape index (κ3) is 6.63. The Balaban J connectivity index is 1.98. The lowest BCUT2D eigenvalue weighted by atomic mass is 10.1. The van der Waals surface area contributed by atoms with Crippen molar-refractivity contribution in [1.82, 2.24) is 5.32 Å². The lowest BCUT2D eigenvalue weighted by molar-refractivity contribution is -0.139. The fourth-order valence-electron chi connectivity index (χ4n) is 2.25. The molecule has 30 heavy (non-hydrogen) atoms. The van der Waals surface area contributed by atoms with E-state index in [1.807, 2.05) is 0 Å². The molecule has 0 spiro atoms. The van der Waals surface area contributed by atoms with Crippen LogP contribution in [0.2, 0.25) is 5.02 Å². The van der Waals surface area contributed by atoms with Crippen LogP contribution in [0, 0.1) is 0 Å². The first kappa shape index (κ1) is 23.0. The zero-order valence-electron chi connectivity index (χ0n) is 15.5. The maximum atomic E-state index is 12.9. The van der Waals surface area contributed by atoms with Crippen LogP contribution in [0.15, 0.2) is 48.5 Å². The minimum atomic E-state index is -4.60. The average molecular weight is 441 g/mol. The highest BCUT2D eigenvalue weighted by atomic mass is 35.5.